The number of guanidine groups is 1. The van der Waals surface area contributed by atoms with Crippen LogP contribution in [0.25, 0.3) is 0 Å². The van der Waals surface area contributed by atoms with Crippen LogP contribution in [-0.4, -0.2) is 39.2 Å². The summed E-state index contributed by atoms with van der Waals surface area (Å²) < 4.78 is 10.2. The number of benzene rings is 2. The third-order valence-corrected chi connectivity index (χ3v) is 4.01. The van der Waals surface area contributed by atoms with Gasteiger partial charge in [-0.25, -0.2) is 4.79 Å². The van der Waals surface area contributed by atoms with Gasteiger partial charge in [0.15, 0.2) is 5.96 Å². The van der Waals surface area contributed by atoms with Crippen molar-refractivity contribution >= 4 is 11.9 Å². The Morgan fingerprint density at radius 3 is 2.26 bits per heavy atom. The number of aliphatic imine (C=N–C) groups is 1. The van der Waals surface area contributed by atoms with Gasteiger partial charge in [-0.05, 0) is 48.7 Å². The maximum absolute atomic E-state index is 11.7. The second-order valence-electron chi connectivity index (χ2n) is 5.87. The Labute approximate surface area is 160 Å². The molecule has 2 N–H and O–H groups in total. The predicted molar refractivity (Wildman–Crippen MR) is 107 cm³/mol. The first-order chi connectivity index (χ1) is 13.2. The standard InChI is InChI=1S/C21H27N3O3/c1-4-27-20(25)18-9-5-17(6-10-18)15-24-21(22-2)23-14-13-16-7-11-19(26-3)12-8-16/h5-12H,4,13-15H2,1-3H3,(H2,22,23,24). The van der Waals surface area contributed by atoms with Crippen LogP contribution in [0.5, 0.6) is 5.75 Å². The monoisotopic (exact) mass is 369 g/mol. The molecule has 0 saturated carbocycles. The molecule has 2 aromatic rings. The van der Waals surface area contributed by atoms with E-state index in [1.165, 1.54) is 5.56 Å². The number of nitrogens with zero attached hydrogens (tertiary/aromatic N) is 1. The first kappa shape index (κ1) is 20.3. The minimum Gasteiger partial charge on any atom is -0.497 e. The number of methoxy groups -OCH3 is 1. The molecule has 6 nitrogen and oxygen atoms in total. The lowest BCUT2D eigenvalue weighted by atomic mass is 10.1. The second kappa shape index (κ2) is 10.9. The van der Waals surface area contributed by atoms with Crippen LogP contribution < -0.4 is 15.4 Å². The summed E-state index contributed by atoms with van der Waals surface area (Å²) in [4.78, 5) is 15.9. The van der Waals surface area contributed by atoms with Gasteiger partial charge in [-0.2, -0.15) is 0 Å². The van der Waals surface area contributed by atoms with Crippen molar-refractivity contribution in [3.8, 4) is 5.75 Å². The molecule has 0 amide bonds. The van der Waals surface area contributed by atoms with Crippen LogP contribution in [0.2, 0.25) is 0 Å². The molecule has 0 heterocycles. The topological polar surface area (TPSA) is 72.0 Å². The zero-order chi connectivity index (χ0) is 19.5. The third kappa shape index (κ3) is 6.66. The minimum absolute atomic E-state index is 0.298. The Morgan fingerprint density at radius 2 is 1.67 bits per heavy atom. The highest BCUT2D eigenvalue weighted by molar-refractivity contribution is 5.89. The van der Waals surface area contributed by atoms with E-state index in [0.29, 0.717) is 18.7 Å². The number of ether oxygens (including phenoxy) is 2. The van der Waals surface area contributed by atoms with Crippen molar-refractivity contribution in [3.05, 3.63) is 65.2 Å². The molecule has 27 heavy (non-hydrogen) atoms. The van der Waals surface area contributed by atoms with Crippen molar-refractivity contribution in [1.82, 2.24) is 10.6 Å². The predicted octanol–water partition coefficient (Wildman–Crippen LogP) is 2.78. The smallest absolute Gasteiger partial charge is 0.338 e. The first-order valence-corrected chi connectivity index (χ1v) is 8.99. The summed E-state index contributed by atoms with van der Waals surface area (Å²) in [5, 5.41) is 6.56. The lowest BCUT2D eigenvalue weighted by Gasteiger charge is -2.12. The number of carbonyl (C=O) groups excluding carboxylic acids is 1. The van der Waals surface area contributed by atoms with Crippen LogP contribution >= 0.6 is 0 Å². The highest BCUT2D eigenvalue weighted by atomic mass is 16.5. The van der Waals surface area contributed by atoms with Crippen molar-refractivity contribution in [2.45, 2.75) is 19.9 Å². The van der Waals surface area contributed by atoms with E-state index in [0.717, 1.165) is 30.2 Å². The number of hydrogen-bond acceptors (Lipinski definition) is 4. The summed E-state index contributed by atoms with van der Waals surface area (Å²) >= 11 is 0. The number of nitrogens with one attached hydrogen (secondary N) is 2. The normalized spacial score (nSPS) is 11.0. The Balaban J connectivity index is 1.77. The summed E-state index contributed by atoms with van der Waals surface area (Å²) in [5.74, 6) is 1.30. The average molecular weight is 369 g/mol. The summed E-state index contributed by atoms with van der Waals surface area (Å²) in [6.45, 7) is 3.56. The molecule has 2 aromatic carbocycles. The van der Waals surface area contributed by atoms with E-state index in [9.17, 15) is 4.79 Å². The second-order valence-corrected chi connectivity index (χ2v) is 5.87. The van der Waals surface area contributed by atoms with Crippen molar-refractivity contribution < 1.29 is 14.3 Å². The lowest BCUT2D eigenvalue weighted by Crippen LogP contribution is -2.37. The maximum atomic E-state index is 11.7. The average Bonchev–Trinajstić information content (AvgIpc) is 2.71. The molecular formula is C21H27N3O3. The highest BCUT2D eigenvalue weighted by Gasteiger charge is 2.06. The van der Waals surface area contributed by atoms with Crippen LogP contribution in [0, 0.1) is 0 Å². The molecular weight excluding hydrogens is 342 g/mol. The molecule has 0 atom stereocenters. The number of carbonyl (C=O) groups is 1. The molecule has 144 valence electrons. The maximum Gasteiger partial charge on any atom is 0.338 e. The molecule has 0 fully saturated rings. The number of rotatable bonds is 8. The van der Waals surface area contributed by atoms with E-state index in [4.69, 9.17) is 9.47 Å². The number of esters is 1. The van der Waals surface area contributed by atoms with Gasteiger partial charge in [0.25, 0.3) is 0 Å². The van der Waals surface area contributed by atoms with Gasteiger partial charge in [-0.3, -0.25) is 4.99 Å². The van der Waals surface area contributed by atoms with E-state index >= 15 is 0 Å². The van der Waals surface area contributed by atoms with Crippen molar-refractivity contribution in [3.63, 3.8) is 0 Å². The Morgan fingerprint density at radius 1 is 1.00 bits per heavy atom. The molecule has 6 heteroatoms. The van der Waals surface area contributed by atoms with Gasteiger partial charge in [-0.15, -0.1) is 0 Å². The summed E-state index contributed by atoms with van der Waals surface area (Å²) in [6.07, 6.45) is 0.888. The van der Waals surface area contributed by atoms with Gasteiger partial charge < -0.3 is 20.1 Å². The van der Waals surface area contributed by atoms with Gasteiger partial charge in [0, 0.05) is 20.1 Å². The van der Waals surface area contributed by atoms with E-state index in [1.54, 1.807) is 33.2 Å². The molecule has 0 unspecified atom stereocenters. The largest absolute Gasteiger partial charge is 0.497 e. The van der Waals surface area contributed by atoms with Gasteiger partial charge >= 0.3 is 5.97 Å². The van der Waals surface area contributed by atoms with E-state index in [1.807, 2.05) is 24.3 Å². The fourth-order valence-electron chi connectivity index (χ4n) is 2.50. The molecule has 0 aromatic heterocycles. The lowest BCUT2D eigenvalue weighted by molar-refractivity contribution is 0.0526. The molecule has 0 aliphatic rings. The first-order valence-electron chi connectivity index (χ1n) is 8.99. The Kier molecular flexibility index (Phi) is 8.16. The molecule has 0 aliphatic heterocycles. The molecule has 0 spiro atoms. The van der Waals surface area contributed by atoms with E-state index in [-0.39, 0.29) is 5.97 Å². The molecule has 0 radical (unpaired) electrons. The van der Waals surface area contributed by atoms with E-state index in [2.05, 4.69) is 27.8 Å². The fourth-order valence-corrected chi connectivity index (χ4v) is 2.50. The third-order valence-electron chi connectivity index (χ3n) is 4.01. The summed E-state index contributed by atoms with van der Waals surface area (Å²) in [6, 6.07) is 15.4. The van der Waals surface area contributed by atoms with Gasteiger partial charge in [0.1, 0.15) is 5.75 Å². The van der Waals surface area contributed by atoms with Crippen LogP contribution in [0.4, 0.5) is 0 Å². The van der Waals surface area contributed by atoms with Gasteiger partial charge in [0.05, 0.1) is 19.3 Å². The SMILES string of the molecule is CCOC(=O)c1ccc(CNC(=NC)NCCc2ccc(OC)cc2)cc1. The molecule has 0 aliphatic carbocycles. The van der Waals surface area contributed by atoms with Gasteiger partial charge in [-0.1, -0.05) is 24.3 Å². The highest BCUT2D eigenvalue weighted by Crippen LogP contribution is 2.11. The summed E-state index contributed by atoms with van der Waals surface area (Å²) in [5.41, 5.74) is 2.84. The van der Waals surface area contributed by atoms with Crippen molar-refractivity contribution in [1.29, 1.82) is 0 Å². The zero-order valence-corrected chi connectivity index (χ0v) is 16.1. The summed E-state index contributed by atoms with van der Waals surface area (Å²) in [7, 11) is 3.41. The van der Waals surface area contributed by atoms with Gasteiger partial charge in [0.2, 0.25) is 0 Å². The van der Waals surface area contributed by atoms with Crippen molar-refractivity contribution in [2.75, 3.05) is 27.3 Å². The van der Waals surface area contributed by atoms with E-state index < -0.39 is 0 Å². The van der Waals surface area contributed by atoms with Crippen LogP contribution in [0.15, 0.2) is 53.5 Å². The molecule has 0 saturated heterocycles. The zero-order valence-electron chi connectivity index (χ0n) is 16.1. The van der Waals surface area contributed by atoms with Crippen molar-refractivity contribution in [2.24, 2.45) is 4.99 Å². The Hall–Kier alpha value is -3.02. The molecule has 2 rings (SSSR count). The molecule has 0 bridgehead atoms. The fraction of sp³-hybridized carbons (Fsp3) is 0.333. The Bertz CT molecular complexity index is 740. The van der Waals surface area contributed by atoms with Crippen LogP contribution in [0.1, 0.15) is 28.4 Å². The number of hydrogen-bond donors (Lipinski definition) is 2. The van der Waals surface area contributed by atoms with Crippen LogP contribution in [0.3, 0.4) is 0 Å². The van der Waals surface area contributed by atoms with Crippen LogP contribution in [-0.2, 0) is 17.7 Å². The minimum atomic E-state index is -0.298. The quantitative estimate of drug-likeness (QED) is 0.425.